The minimum absolute atomic E-state index is 0.0356. The number of hydrogen-bond acceptors (Lipinski definition) is 6. The van der Waals surface area contributed by atoms with Gasteiger partial charge in [0.2, 0.25) is 0 Å². The Morgan fingerprint density at radius 3 is 0.839 bits per heavy atom. The smallest absolute Gasteiger partial charge is 0.176 e. The molecule has 0 N–H and O–H groups in total. The van der Waals surface area contributed by atoms with E-state index < -0.39 is 19.7 Å². The van der Waals surface area contributed by atoms with Gasteiger partial charge < -0.3 is 9.80 Å². The van der Waals surface area contributed by atoms with Crippen molar-refractivity contribution in [3.05, 3.63) is 204 Å². The van der Waals surface area contributed by atoms with Crippen LogP contribution in [0.1, 0.15) is 22.3 Å². The maximum Gasteiger partial charge on any atom is 0.176 e. The summed E-state index contributed by atoms with van der Waals surface area (Å²) in [6.45, 7) is 0. The van der Waals surface area contributed by atoms with Crippen LogP contribution in [-0.2, 0) is 19.7 Å². The maximum atomic E-state index is 13.2. The van der Waals surface area contributed by atoms with Crippen molar-refractivity contribution in [3.8, 4) is 0 Å². The first-order valence-electron chi connectivity index (χ1n) is 18.0. The lowest BCUT2D eigenvalue weighted by Crippen LogP contribution is -2.09. The van der Waals surface area contributed by atoms with Gasteiger partial charge in [-0.05, 0) is 107 Å². The summed E-state index contributed by atoms with van der Waals surface area (Å²) in [5.74, 6) is 0. The van der Waals surface area contributed by atoms with Gasteiger partial charge in [-0.25, -0.2) is 16.8 Å². The topological polar surface area (TPSA) is 74.8 Å². The van der Waals surface area contributed by atoms with E-state index in [0.717, 1.165) is 57.8 Å². The third-order valence-electron chi connectivity index (χ3n) is 9.21. The van der Waals surface area contributed by atoms with Gasteiger partial charge in [-0.15, -0.1) is 0 Å². The zero-order chi connectivity index (χ0) is 39.1. The van der Waals surface area contributed by atoms with Gasteiger partial charge >= 0.3 is 0 Å². The molecule has 7 aromatic rings. The number of nitrogens with zero attached hydrogens (tertiary/aromatic N) is 2. The predicted octanol–water partition coefficient (Wildman–Crippen LogP) is 11.8. The molecule has 0 aliphatic carbocycles. The van der Waals surface area contributed by atoms with Crippen molar-refractivity contribution >= 4 is 78.1 Å². The fraction of sp³-hybridized carbons (Fsp3) is 0.0417. The number of hydrogen-bond donors (Lipinski definition) is 0. The standard InChI is InChI=1S/C48H40N2O4S2/c1-55(51,52)47-35-40(30-24-38-27-33-46(34-28-38)50(43-19-11-5-12-20-43)44-21-13-6-14-22-44)48(56(2,53)54)36-39(47)29-23-37-25-31-45(32-26-37)49(41-15-7-3-8-16-41)42-17-9-4-10-18-42/h3-36H,1-2H3/b29-23+,30-24+. The van der Waals surface area contributed by atoms with E-state index in [1.807, 2.05) is 170 Å². The molecule has 0 aromatic heterocycles. The van der Waals surface area contributed by atoms with Crippen molar-refractivity contribution in [2.24, 2.45) is 0 Å². The number of sulfone groups is 2. The lowest BCUT2D eigenvalue weighted by Gasteiger charge is -2.25. The molecule has 0 unspecified atom stereocenters. The fourth-order valence-electron chi connectivity index (χ4n) is 6.54. The van der Waals surface area contributed by atoms with Crippen molar-refractivity contribution in [1.29, 1.82) is 0 Å². The van der Waals surface area contributed by atoms with Gasteiger partial charge in [0.1, 0.15) is 0 Å². The normalized spacial score (nSPS) is 11.9. The first-order chi connectivity index (χ1) is 27.0. The third-order valence-corrected chi connectivity index (χ3v) is 11.5. The van der Waals surface area contributed by atoms with Crippen molar-refractivity contribution in [1.82, 2.24) is 0 Å². The molecule has 0 fully saturated rings. The molecular formula is C48H40N2O4S2. The molecule has 7 rings (SSSR count). The Bertz CT molecular complexity index is 2430. The van der Waals surface area contributed by atoms with E-state index in [0.29, 0.717) is 0 Å². The highest BCUT2D eigenvalue weighted by Gasteiger charge is 2.20. The summed E-state index contributed by atoms with van der Waals surface area (Å²) in [5, 5.41) is 0. The minimum atomic E-state index is -3.74. The molecule has 0 spiro atoms. The molecule has 0 aliphatic heterocycles. The van der Waals surface area contributed by atoms with E-state index >= 15 is 0 Å². The van der Waals surface area contributed by atoms with Gasteiger partial charge in [-0.1, -0.05) is 121 Å². The average Bonchev–Trinajstić information content (AvgIpc) is 3.21. The van der Waals surface area contributed by atoms with Gasteiger partial charge in [0.05, 0.1) is 9.79 Å². The summed E-state index contributed by atoms with van der Waals surface area (Å²) < 4.78 is 52.6. The van der Waals surface area contributed by atoms with Crippen LogP contribution in [0.15, 0.2) is 192 Å². The summed E-state index contributed by atoms with van der Waals surface area (Å²) in [6.07, 6.45) is 9.16. The highest BCUT2D eigenvalue weighted by Crippen LogP contribution is 2.36. The van der Waals surface area contributed by atoms with Crippen LogP contribution in [-0.4, -0.2) is 29.3 Å². The van der Waals surface area contributed by atoms with Gasteiger partial charge in [0, 0.05) is 46.6 Å². The number of benzene rings is 7. The van der Waals surface area contributed by atoms with Gasteiger partial charge in [-0.2, -0.15) is 0 Å². The number of para-hydroxylation sites is 4. The Kier molecular flexibility index (Phi) is 11.1. The second kappa shape index (κ2) is 16.5. The minimum Gasteiger partial charge on any atom is -0.311 e. The molecule has 0 aliphatic rings. The second-order valence-electron chi connectivity index (χ2n) is 13.3. The molecule has 0 heterocycles. The quantitative estimate of drug-likeness (QED) is 0.115. The SMILES string of the molecule is CS(=O)(=O)c1cc(/C=C/c2ccc(N(c3ccccc3)c3ccccc3)cc2)c(S(C)(=O)=O)cc1/C=C/c1ccc(N(c2ccccc2)c2ccccc2)cc1. The Balaban J connectivity index is 1.19. The molecule has 6 nitrogen and oxygen atoms in total. The van der Waals surface area contributed by atoms with Crippen molar-refractivity contribution < 1.29 is 16.8 Å². The first-order valence-corrected chi connectivity index (χ1v) is 21.8. The van der Waals surface area contributed by atoms with Crippen LogP contribution in [0.3, 0.4) is 0 Å². The van der Waals surface area contributed by atoms with E-state index in [9.17, 15) is 16.8 Å². The third kappa shape index (κ3) is 8.90. The van der Waals surface area contributed by atoms with Gasteiger partial charge in [0.25, 0.3) is 0 Å². The number of anilines is 6. The summed E-state index contributed by atoms with van der Waals surface area (Å²) in [4.78, 5) is 4.37. The van der Waals surface area contributed by atoms with E-state index in [1.165, 1.54) is 12.1 Å². The monoisotopic (exact) mass is 772 g/mol. The summed E-state index contributed by atoms with van der Waals surface area (Å²) in [6, 6.07) is 59.0. The summed E-state index contributed by atoms with van der Waals surface area (Å²) in [7, 11) is -7.49. The fourth-order valence-corrected chi connectivity index (χ4v) is 8.33. The Morgan fingerprint density at radius 2 is 0.589 bits per heavy atom. The van der Waals surface area contributed by atoms with Crippen LogP contribution >= 0.6 is 0 Å². The summed E-state index contributed by atoms with van der Waals surface area (Å²) in [5.41, 5.74) is 8.16. The van der Waals surface area contributed by atoms with E-state index in [-0.39, 0.29) is 20.9 Å². The van der Waals surface area contributed by atoms with Crippen molar-refractivity contribution in [3.63, 3.8) is 0 Å². The molecule has 7 aromatic carbocycles. The predicted molar refractivity (Wildman–Crippen MR) is 233 cm³/mol. The Morgan fingerprint density at radius 1 is 0.339 bits per heavy atom. The lowest BCUT2D eigenvalue weighted by molar-refractivity contribution is 0.597. The molecule has 0 bridgehead atoms. The van der Waals surface area contributed by atoms with E-state index in [1.54, 1.807) is 24.3 Å². The van der Waals surface area contributed by atoms with Crippen LogP contribution in [0, 0.1) is 0 Å². The van der Waals surface area contributed by atoms with Crippen molar-refractivity contribution in [2.75, 3.05) is 22.3 Å². The van der Waals surface area contributed by atoms with Crippen LogP contribution in [0.25, 0.3) is 24.3 Å². The highest BCUT2D eigenvalue weighted by atomic mass is 32.2. The first kappa shape index (κ1) is 37.8. The van der Waals surface area contributed by atoms with Crippen LogP contribution in [0.5, 0.6) is 0 Å². The van der Waals surface area contributed by atoms with Crippen LogP contribution < -0.4 is 9.80 Å². The largest absolute Gasteiger partial charge is 0.311 e. The lowest BCUT2D eigenvalue weighted by atomic mass is 10.1. The maximum absolute atomic E-state index is 13.2. The molecule has 56 heavy (non-hydrogen) atoms. The zero-order valence-corrected chi connectivity index (χ0v) is 32.6. The molecule has 0 saturated heterocycles. The molecule has 0 atom stereocenters. The van der Waals surface area contributed by atoms with E-state index in [4.69, 9.17) is 0 Å². The molecular weight excluding hydrogens is 733 g/mol. The Hall–Kier alpha value is -6.48. The molecule has 8 heteroatoms. The average molecular weight is 773 g/mol. The summed E-state index contributed by atoms with van der Waals surface area (Å²) >= 11 is 0. The van der Waals surface area contributed by atoms with Gasteiger partial charge in [-0.3, -0.25) is 0 Å². The molecule has 0 saturated carbocycles. The second-order valence-corrected chi connectivity index (χ2v) is 17.3. The van der Waals surface area contributed by atoms with Crippen molar-refractivity contribution in [2.45, 2.75) is 9.79 Å². The zero-order valence-electron chi connectivity index (χ0n) is 31.0. The Labute approximate surface area is 329 Å². The molecule has 0 amide bonds. The molecule has 0 radical (unpaired) electrons. The molecule has 278 valence electrons. The van der Waals surface area contributed by atoms with Crippen LogP contribution in [0.2, 0.25) is 0 Å². The highest BCUT2D eigenvalue weighted by molar-refractivity contribution is 7.91. The van der Waals surface area contributed by atoms with E-state index in [2.05, 4.69) is 9.80 Å². The number of rotatable bonds is 12. The van der Waals surface area contributed by atoms with Crippen LogP contribution in [0.4, 0.5) is 34.1 Å². The van der Waals surface area contributed by atoms with Gasteiger partial charge in [0.15, 0.2) is 19.7 Å².